The van der Waals surface area contributed by atoms with E-state index >= 15 is 0 Å². The molecule has 0 atom stereocenters. The molecule has 0 fully saturated rings. The maximum absolute atomic E-state index is 12.2. The Kier molecular flexibility index (Phi) is 4.85. The first-order valence-corrected chi connectivity index (χ1v) is 7.71. The van der Waals surface area contributed by atoms with E-state index in [1.807, 2.05) is 0 Å². The van der Waals surface area contributed by atoms with Gasteiger partial charge < -0.3 is 9.15 Å². The van der Waals surface area contributed by atoms with Gasteiger partial charge in [0.1, 0.15) is 0 Å². The van der Waals surface area contributed by atoms with Crippen molar-refractivity contribution in [2.75, 3.05) is 7.11 Å². The fraction of sp³-hybridized carbons (Fsp3) is 0.0588. The lowest BCUT2D eigenvalue weighted by Gasteiger charge is -1.99. The second-order valence-electron chi connectivity index (χ2n) is 5.15. The van der Waals surface area contributed by atoms with Gasteiger partial charge in [-0.25, -0.2) is 5.43 Å². The first-order chi connectivity index (χ1) is 12.5. The number of nitrogens with one attached hydrogen (secondary N) is 1. The van der Waals surface area contributed by atoms with Gasteiger partial charge in [-0.2, -0.15) is 5.10 Å². The number of carbonyl (C=O) groups is 1. The molecule has 1 amide bonds. The SMILES string of the molecule is COc1cccc2cc(C(=O)N/N=C\c3cc([N+](=O)[O-])ccc3Cl)oc12. The van der Waals surface area contributed by atoms with E-state index < -0.39 is 10.8 Å². The fourth-order valence-corrected chi connectivity index (χ4v) is 2.43. The Labute approximate surface area is 152 Å². The molecule has 0 aliphatic carbocycles. The highest BCUT2D eigenvalue weighted by atomic mass is 35.5. The molecule has 0 saturated heterocycles. The number of methoxy groups -OCH3 is 1. The number of nitro benzene ring substituents is 1. The molecule has 0 aliphatic rings. The fourth-order valence-electron chi connectivity index (χ4n) is 2.27. The van der Waals surface area contributed by atoms with Gasteiger partial charge in [-0.3, -0.25) is 14.9 Å². The lowest BCUT2D eigenvalue weighted by Crippen LogP contribution is -2.16. The molecule has 9 heteroatoms. The van der Waals surface area contributed by atoms with Crippen molar-refractivity contribution in [3.8, 4) is 5.75 Å². The summed E-state index contributed by atoms with van der Waals surface area (Å²) in [6, 6.07) is 10.8. The number of carbonyl (C=O) groups excluding carboxylic acids is 1. The van der Waals surface area contributed by atoms with E-state index in [1.165, 1.54) is 31.5 Å². The summed E-state index contributed by atoms with van der Waals surface area (Å²) in [5, 5.41) is 15.5. The van der Waals surface area contributed by atoms with Crippen LogP contribution in [0.5, 0.6) is 5.75 Å². The minimum Gasteiger partial charge on any atom is -0.493 e. The van der Waals surface area contributed by atoms with Gasteiger partial charge in [0.25, 0.3) is 5.69 Å². The molecule has 0 spiro atoms. The summed E-state index contributed by atoms with van der Waals surface area (Å²) in [6.07, 6.45) is 1.22. The Bertz CT molecular complexity index is 1030. The molecule has 0 unspecified atom stereocenters. The van der Waals surface area contributed by atoms with Crippen molar-refractivity contribution in [2.24, 2.45) is 5.10 Å². The van der Waals surface area contributed by atoms with Crippen molar-refractivity contribution < 1.29 is 18.9 Å². The lowest BCUT2D eigenvalue weighted by atomic mass is 10.2. The smallest absolute Gasteiger partial charge is 0.307 e. The zero-order valence-electron chi connectivity index (χ0n) is 13.4. The zero-order chi connectivity index (χ0) is 18.7. The number of ether oxygens (including phenoxy) is 1. The Hall–Kier alpha value is -3.39. The third-order valence-electron chi connectivity index (χ3n) is 3.51. The number of nitro groups is 1. The van der Waals surface area contributed by atoms with Crippen molar-refractivity contribution in [3.63, 3.8) is 0 Å². The topological polar surface area (TPSA) is 107 Å². The van der Waals surface area contributed by atoms with Crippen LogP contribution in [0.25, 0.3) is 11.0 Å². The van der Waals surface area contributed by atoms with E-state index in [9.17, 15) is 14.9 Å². The number of amides is 1. The van der Waals surface area contributed by atoms with Crippen molar-refractivity contribution in [2.45, 2.75) is 0 Å². The summed E-state index contributed by atoms with van der Waals surface area (Å²) < 4.78 is 10.7. The van der Waals surface area contributed by atoms with Crippen molar-refractivity contribution in [1.82, 2.24) is 5.43 Å². The summed E-state index contributed by atoms with van der Waals surface area (Å²) in [4.78, 5) is 22.4. The van der Waals surface area contributed by atoms with Crippen LogP contribution in [0.4, 0.5) is 5.69 Å². The number of hydrogen-bond acceptors (Lipinski definition) is 6. The molecule has 3 rings (SSSR count). The van der Waals surface area contributed by atoms with Gasteiger partial charge in [0.15, 0.2) is 17.1 Å². The number of rotatable bonds is 5. The van der Waals surface area contributed by atoms with Crippen LogP contribution < -0.4 is 10.2 Å². The number of benzene rings is 2. The van der Waals surface area contributed by atoms with Crippen molar-refractivity contribution in [1.29, 1.82) is 0 Å². The number of non-ortho nitro benzene ring substituents is 1. The molecule has 0 bridgehead atoms. The first kappa shape index (κ1) is 17.4. The molecule has 1 heterocycles. The minimum absolute atomic E-state index is 0.0480. The number of nitrogens with zero attached hydrogens (tertiary/aromatic N) is 2. The minimum atomic E-state index is -0.582. The number of hydrogen-bond donors (Lipinski definition) is 1. The largest absolute Gasteiger partial charge is 0.493 e. The van der Waals surface area contributed by atoms with E-state index in [0.717, 1.165) is 0 Å². The average molecular weight is 374 g/mol. The van der Waals surface area contributed by atoms with Gasteiger partial charge in [0.2, 0.25) is 0 Å². The molecule has 1 aromatic heterocycles. The van der Waals surface area contributed by atoms with E-state index in [2.05, 4.69) is 10.5 Å². The second kappa shape index (κ2) is 7.24. The normalized spacial score (nSPS) is 11.0. The van der Waals surface area contributed by atoms with Crippen LogP contribution in [0.15, 0.2) is 52.0 Å². The Morgan fingerprint density at radius 3 is 2.88 bits per heavy atom. The number of furan rings is 1. The van der Waals surface area contributed by atoms with Gasteiger partial charge >= 0.3 is 5.91 Å². The zero-order valence-corrected chi connectivity index (χ0v) is 14.2. The third kappa shape index (κ3) is 3.50. The van der Waals surface area contributed by atoms with Gasteiger partial charge in [-0.05, 0) is 18.2 Å². The van der Waals surface area contributed by atoms with Crippen LogP contribution in [0.1, 0.15) is 16.1 Å². The summed E-state index contributed by atoms with van der Waals surface area (Å²) in [5.41, 5.74) is 2.90. The Balaban J connectivity index is 1.78. The number of para-hydroxylation sites is 1. The van der Waals surface area contributed by atoms with Crippen LogP contribution in [0.2, 0.25) is 5.02 Å². The van der Waals surface area contributed by atoms with Gasteiger partial charge in [-0.15, -0.1) is 0 Å². The lowest BCUT2D eigenvalue weighted by molar-refractivity contribution is -0.384. The first-order valence-electron chi connectivity index (χ1n) is 7.33. The number of halogens is 1. The highest BCUT2D eigenvalue weighted by Crippen LogP contribution is 2.28. The predicted molar refractivity (Wildman–Crippen MR) is 95.9 cm³/mol. The molecule has 0 aliphatic heterocycles. The third-order valence-corrected chi connectivity index (χ3v) is 3.86. The summed E-state index contributed by atoms with van der Waals surface area (Å²) in [6.45, 7) is 0. The molecule has 1 N–H and O–H groups in total. The maximum atomic E-state index is 12.2. The molecule has 3 aromatic rings. The van der Waals surface area contributed by atoms with Crippen LogP contribution in [-0.4, -0.2) is 24.2 Å². The summed E-state index contributed by atoms with van der Waals surface area (Å²) in [7, 11) is 1.50. The maximum Gasteiger partial charge on any atom is 0.307 e. The molecule has 132 valence electrons. The van der Waals surface area contributed by atoms with Gasteiger partial charge in [0, 0.05) is 28.1 Å². The second-order valence-corrected chi connectivity index (χ2v) is 5.56. The average Bonchev–Trinajstić information content (AvgIpc) is 3.07. The van der Waals surface area contributed by atoms with E-state index in [4.69, 9.17) is 20.8 Å². The van der Waals surface area contributed by atoms with Gasteiger partial charge in [-0.1, -0.05) is 23.7 Å². The van der Waals surface area contributed by atoms with E-state index in [0.29, 0.717) is 22.3 Å². The van der Waals surface area contributed by atoms with Crippen LogP contribution in [0, 0.1) is 10.1 Å². The molecular formula is C17H12ClN3O5. The van der Waals surface area contributed by atoms with Gasteiger partial charge in [0.05, 0.1) is 18.2 Å². The molecule has 0 saturated carbocycles. The monoisotopic (exact) mass is 373 g/mol. The molecule has 0 radical (unpaired) electrons. The molecular weight excluding hydrogens is 362 g/mol. The predicted octanol–water partition coefficient (Wildman–Crippen LogP) is 3.77. The van der Waals surface area contributed by atoms with E-state index in [1.54, 1.807) is 24.3 Å². The Morgan fingerprint density at radius 1 is 1.35 bits per heavy atom. The summed E-state index contributed by atoms with van der Waals surface area (Å²) in [5.74, 6) is -0.0266. The van der Waals surface area contributed by atoms with Crippen molar-refractivity contribution in [3.05, 3.63) is 68.9 Å². The summed E-state index contributed by atoms with van der Waals surface area (Å²) >= 11 is 5.96. The van der Waals surface area contributed by atoms with E-state index in [-0.39, 0.29) is 16.5 Å². The highest BCUT2D eigenvalue weighted by Gasteiger charge is 2.14. The highest BCUT2D eigenvalue weighted by molar-refractivity contribution is 6.33. The quantitative estimate of drug-likeness (QED) is 0.416. The number of hydrazone groups is 1. The standard InChI is InChI=1S/C17H12ClN3O5/c1-25-14-4-2-3-10-8-15(26-16(10)14)17(22)20-19-9-11-7-12(21(23)24)5-6-13(11)18/h2-9H,1H3,(H,20,22)/b19-9-. The van der Waals surface area contributed by atoms with Crippen LogP contribution >= 0.6 is 11.6 Å². The molecule has 8 nitrogen and oxygen atoms in total. The number of fused-ring (bicyclic) bond motifs is 1. The van der Waals surface area contributed by atoms with Crippen LogP contribution in [0.3, 0.4) is 0 Å². The Morgan fingerprint density at radius 2 is 2.15 bits per heavy atom. The van der Waals surface area contributed by atoms with Crippen molar-refractivity contribution >= 4 is 40.4 Å². The molecule has 2 aromatic carbocycles. The van der Waals surface area contributed by atoms with Crippen LogP contribution in [-0.2, 0) is 0 Å². The molecule has 26 heavy (non-hydrogen) atoms.